The molecule has 1 saturated carbocycles. The second kappa shape index (κ2) is 6.62. The lowest BCUT2D eigenvalue weighted by atomic mass is 9.68. The van der Waals surface area contributed by atoms with Crippen LogP contribution in [0.25, 0.3) is 0 Å². The average molecular weight is 376 g/mol. The first kappa shape index (κ1) is 17.3. The molecule has 0 saturated heterocycles. The van der Waals surface area contributed by atoms with Crippen LogP contribution >= 0.6 is 27.5 Å². The Morgan fingerprint density at radius 2 is 2.00 bits per heavy atom. The first-order chi connectivity index (χ1) is 9.74. The highest BCUT2D eigenvalue weighted by molar-refractivity contribution is 9.10. The van der Waals surface area contributed by atoms with Crippen molar-refractivity contribution in [3.05, 3.63) is 15.9 Å². The summed E-state index contributed by atoms with van der Waals surface area (Å²) in [6.07, 6.45) is 5.64. The Hall–Kier alpha value is -0.0200. The molecule has 0 spiro atoms. The van der Waals surface area contributed by atoms with Gasteiger partial charge >= 0.3 is 0 Å². The molecule has 3 unspecified atom stereocenters. The second-order valence-corrected chi connectivity index (χ2v) is 8.89. The smallest absolute Gasteiger partial charge is 0.0766 e. The van der Waals surface area contributed by atoms with Crippen LogP contribution in [0.3, 0.4) is 0 Å². The molecule has 1 fully saturated rings. The monoisotopic (exact) mass is 374 g/mol. The van der Waals surface area contributed by atoms with Crippen LogP contribution in [0.4, 0.5) is 0 Å². The molecule has 1 aromatic heterocycles. The number of nitrogens with zero attached hydrogens (tertiary/aromatic N) is 2. The van der Waals surface area contributed by atoms with Crippen LogP contribution < -0.4 is 0 Å². The van der Waals surface area contributed by atoms with Crippen molar-refractivity contribution in [3.8, 4) is 0 Å². The van der Waals surface area contributed by atoms with E-state index in [2.05, 4.69) is 48.7 Å². The number of aryl methyl sites for hydroxylation is 2. The maximum Gasteiger partial charge on any atom is 0.0766 e. The van der Waals surface area contributed by atoms with E-state index in [1.165, 1.54) is 23.0 Å². The van der Waals surface area contributed by atoms with Gasteiger partial charge in [-0.3, -0.25) is 4.68 Å². The lowest BCUT2D eigenvalue weighted by Gasteiger charge is -2.40. The zero-order chi connectivity index (χ0) is 15.8. The highest BCUT2D eigenvalue weighted by Crippen LogP contribution is 2.43. The molecule has 1 aliphatic carbocycles. The van der Waals surface area contributed by atoms with Crippen molar-refractivity contribution in [2.45, 2.75) is 65.2 Å². The maximum atomic E-state index is 6.65. The third kappa shape index (κ3) is 3.85. The van der Waals surface area contributed by atoms with Crippen LogP contribution in [0.5, 0.6) is 0 Å². The predicted molar refractivity (Wildman–Crippen MR) is 93.9 cm³/mol. The summed E-state index contributed by atoms with van der Waals surface area (Å²) < 4.78 is 3.22. The van der Waals surface area contributed by atoms with Gasteiger partial charge in [0.2, 0.25) is 0 Å². The maximum absolute atomic E-state index is 6.65. The van der Waals surface area contributed by atoms with Crippen molar-refractivity contribution in [1.82, 2.24) is 9.78 Å². The van der Waals surface area contributed by atoms with Crippen molar-refractivity contribution < 1.29 is 0 Å². The van der Waals surface area contributed by atoms with Gasteiger partial charge in [0.1, 0.15) is 0 Å². The molecule has 0 N–H and O–H groups in total. The summed E-state index contributed by atoms with van der Waals surface area (Å²) in [6, 6.07) is 0. The van der Waals surface area contributed by atoms with E-state index in [1.807, 2.05) is 11.7 Å². The number of rotatable bonds is 3. The average Bonchev–Trinajstić information content (AvgIpc) is 2.67. The molecule has 0 aliphatic heterocycles. The van der Waals surface area contributed by atoms with Gasteiger partial charge in [-0.1, -0.05) is 27.7 Å². The molecular formula is C17H28BrClN2. The van der Waals surface area contributed by atoms with Crippen LogP contribution in [-0.4, -0.2) is 15.2 Å². The third-order valence-electron chi connectivity index (χ3n) is 5.07. The Labute approximate surface area is 142 Å². The highest BCUT2D eigenvalue weighted by Gasteiger charge is 2.35. The largest absolute Gasteiger partial charge is 0.271 e. The van der Waals surface area contributed by atoms with E-state index in [1.54, 1.807) is 0 Å². The summed E-state index contributed by atoms with van der Waals surface area (Å²) in [5, 5.41) is 4.92. The molecule has 3 atom stereocenters. The standard InChI is InChI=1S/C17H28BrClN2/c1-6-14-16(18)15(21(5)20-14)10-11-9-12(17(2,3)4)7-8-13(11)19/h11-13H,6-10H2,1-5H3. The molecule has 1 aliphatic rings. The van der Waals surface area contributed by atoms with Crippen molar-refractivity contribution in [3.63, 3.8) is 0 Å². The van der Waals surface area contributed by atoms with Crippen LogP contribution in [0.1, 0.15) is 58.3 Å². The van der Waals surface area contributed by atoms with Gasteiger partial charge in [0, 0.05) is 12.4 Å². The second-order valence-electron chi connectivity index (χ2n) is 7.54. The Bertz CT molecular complexity index is 490. The van der Waals surface area contributed by atoms with Gasteiger partial charge in [-0.05, 0) is 65.3 Å². The van der Waals surface area contributed by atoms with E-state index >= 15 is 0 Å². The van der Waals surface area contributed by atoms with Crippen molar-refractivity contribution in [2.75, 3.05) is 0 Å². The molecule has 0 bridgehead atoms. The van der Waals surface area contributed by atoms with E-state index in [0.717, 1.165) is 30.9 Å². The minimum absolute atomic E-state index is 0.301. The fraction of sp³-hybridized carbons (Fsp3) is 0.824. The van der Waals surface area contributed by atoms with Gasteiger partial charge in [-0.25, -0.2) is 0 Å². The third-order valence-corrected chi connectivity index (χ3v) is 6.56. The van der Waals surface area contributed by atoms with Crippen molar-refractivity contribution in [2.24, 2.45) is 24.3 Å². The van der Waals surface area contributed by atoms with Crippen LogP contribution in [-0.2, 0) is 19.9 Å². The molecule has 120 valence electrons. The zero-order valence-corrected chi connectivity index (χ0v) is 16.3. The molecule has 2 rings (SSSR count). The fourth-order valence-electron chi connectivity index (χ4n) is 3.51. The van der Waals surface area contributed by atoms with Crippen LogP contribution in [0.15, 0.2) is 4.47 Å². The van der Waals surface area contributed by atoms with Gasteiger partial charge in [-0.2, -0.15) is 5.10 Å². The normalized spacial score (nSPS) is 27.1. The predicted octanol–water partition coefficient (Wildman–Crippen LogP) is 5.36. The first-order valence-electron chi connectivity index (χ1n) is 8.08. The first-order valence-corrected chi connectivity index (χ1v) is 9.31. The van der Waals surface area contributed by atoms with E-state index in [4.69, 9.17) is 11.6 Å². The number of halogens is 2. The van der Waals surface area contributed by atoms with Gasteiger partial charge in [0.15, 0.2) is 0 Å². The SMILES string of the molecule is CCc1nn(C)c(CC2CC(C(C)(C)C)CCC2Cl)c1Br. The summed E-state index contributed by atoms with van der Waals surface area (Å²) in [5.74, 6) is 1.33. The lowest BCUT2D eigenvalue weighted by molar-refractivity contribution is 0.143. The summed E-state index contributed by atoms with van der Waals surface area (Å²) >= 11 is 10.4. The van der Waals surface area contributed by atoms with Crippen LogP contribution in [0.2, 0.25) is 0 Å². The van der Waals surface area contributed by atoms with Crippen LogP contribution in [0, 0.1) is 17.3 Å². The summed E-state index contributed by atoms with van der Waals surface area (Å²) in [5.41, 5.74) is 2.84. The zero-order valence-electron chi connectivity index (χ0n) is 13.9. The fourth-order valence-corrected chi connectivity index (χ4v) is 4.61. The topological polar surface area (TPSA) is 17.8 Å². The summed E-state index contributed by atoms with van der Waals surface area (Å²) in [4.78, 5) is 0. The van der Waals surface area contributed by atoms with Gasteiger partial charge in [0.25, 0.3) is 0 Å². The van der Waals surface area contributed by atoms with Crippen molar-refractivity contribution in [1.29, 1.82) is 0 Å². The van der Waals surface area contributed by atoms with E-state index in [-0.39, 0.29) is 0 Å². The number of alkyl halides is 1. The van der Waals surface area contributed by atoms with Gasteiger partial charge in [0.05, 0.1) is 15.9 Å². The highest BCUT2D eigenvalue weighted by atomic mass is 79.9. The minimum atomic E-state index is 0.301. The molecule has 2 nitrogen and oxygen atoms in total. The Kier molecular flexibility index (Phi) is 5.46. The molecule has 21 heavy (non-hydrogen) atoms. The number of hydrogen-bond acceptors (Lipinski definition) is 1. The molecule has 0 radical (unpaired) electrons. The Morgan fingerprint density at radius 3 is 2.52 bits per heavy atom. The van der Waals surface area contributed by atoms with Crippen molar-refractivity contribution >= 4 is 27.5 Å². The molecular weight excluding hydrogens is 348 g/mol. The Balaban J connectivity index is 2.16. The summed E-state index contributed by atoms with van der Waals surface area (Å²) in [6.45, 7) is 9.23. The van der Waals surface area contributed by atoms with E-state index < -0.39 is 0 Å². The quantitative estimate of drug-likeness (QED) is 0.650. The molecule has 1 heterocycles. The van der Waals surface area contributed by atoms with E-state index in [9.17, 15) is 0 Å². The minimum Gasteiger partial charge on any atom is -0.271 e. The number of aromatic nitrogens is 2. The Morgan fingerprint density at radius 1 is 1.33 bits per heavy atom. The molecule has 0 amide bonds. The summed E-state index contributed by atoms with van der Waals surface area (Å²) in [7, 11) is 2.05. The van der Waals surface area contributed by atoms with Gasteiger partial charge in [-0.15, -0.1) is 11.6 Å². The number of hydrogen-bond donors (Lipinski definition) is 0. The molecule has 1 aromatic rings. The molecule has 0 aromatic carbocycles. The van der Waals surface area contributed by atoms with E-state index in [0.29, 0.717) is 16.7 Å². The van der Waals surface area contributed by atoms with Gasteiger partial charge < -0.3 is 0 Å². The lowest BCUT2D eigenvalue weighted by Crippen LogP contribution is -2.33. The molecule has 4 heteroatoms.